The van der Waals surface area contributed by atoms with E-state index in [2.05, 4.69) is 25.4 Å². The monoisotopic (exact) mass is 251 g/mol. The van der Waals surface area contributed by atoms with Gasteiger partial charge in [0.05, 0.1) is 18.2 Å². The predicted octanol–water partition coefficient (Wildman–Crippen LogP) is -0.748. The zero-order chi connectivity index (χ0) is 12.7. The Balaban J connectivity index is 1.70. The van der Waals surface area contributed by atoms with Crippen LogP contribution in [0.1, 0.15) is 17.0 Å². The number of hydrogen-bond acceptors (Lipinski definition) is 5. The Morgan fingerprint density at radius 1 is 1.61 bits per heavy atom. The molecule has 1 amide bonds. The molecule has 7 heteroatoms. The van der Waals surface area contributed by atoms with E-state index in [0.717, 1.165) is 13.0 Å². The van der Waals surface area contributed by atoms with Crippen LogP contribution < -0.4 is 5.32 Å². The van der Waals surface area contributed by atoms with E-state index in [4.69, 9.17) is 4.74 Å². The van der Waals surface area contributed by atoms with Crippen LogP contribution in [-0.2, 0) is 4.74 Å². The summed E-state index contributed by atoms with van der Waals surface area (Å²) in [6.45, 7) is 0.786. The van der Waals surface area contributed by atoms with Crippen molar-refractivity contribution in [3.8, 4) is 0 Å². The Morgan fingerprint density at radius 3 is 3.11 bits per heavy atom. The van der Waals surface area contributed by atoms with Crippen molar-refractivity contribution in [3.63, 3.8) is 0 Å². The van der Waals surface area contributed by atoms with E-state index < -0.39 is 0 Å². The lowest BCUT2D eigenvalue weighted by Crippen LogP contribution is -2.69. The van der Waals surface area contributed by atoms with E-state index in [1.807, 2.05) is 14.1 Å². The minimum atomic E-state index is -0.199. The van der Waals surface area contributed by atoms with Crippen LogP contribution in [0.4, 0.5) is 0 Å². The first-order valence-electron chi connectivity index (χ1n) is 6.12. The molecular weight excluding hydrogens is 234 g/mol. The molecule has 1 saturated heterocycles. The third-order valence-corrected chi connectivity index (χ3v) is 3.87. The van der Waals surface area contributed by atoms with Crippen molar-refractivity contribution < 1.29 is 9.53 Å². The number of nitrogens with one attached hydrogen (secondary N) is 2. The maximum absolute atomic E-state index is 12.0. The van der Waals surface area contributed by atoms with Gasteiger partial charge in [-0.3, -0.25) is 9.89 Å². The zero-order valence-electron chi connectivity index (χ0n) is 10.5. The first-order valence-corrected chi connectivity index (χ1v) is 6.12. The summed E-state index contributed by atoms with van der Waals surface area (Å²) >= 11 is 0. The second kappa shape index (κ2) is 4.33. The third kappa shape index (κ3) is 1.70. The molecule has 2 heterocycles. The first-order chi connectivity index (χ1) is 8.68. The molecule has 3 rings (SSSR count). The highest BCUT2D eigenvalue weighted by Crippen LogP contribution is 2.41. The number of nitrogens with zero attached hydrogens (tertiary/aromatic N) is 3. The second-order valence-corrected chi connectivity index (χ2v) is 5.08. The highest BCUT2D eigenvalue weighted by molar-refractivity contribution is 5.90. The normalized spacial score (nSPS) is 34.2. The van der Waals surface area contributed by atoms with E-state index in [0.29, 0.717) is 5.92 Å². The maximum Gasteiger partial charge on any atom is 0.288 e. The fraction of sp³-hybridized carbons (Fsp3) is 0.727. The van der Waals surface area contributed by atoms with Gasteiger partial charge in [0.1, 0.15) is 6.33 Å². The largest absolute Gasteiger partial charge is 0.376 e. The van der Waals surface area contributed by atoms with Gasteiger partial charge in [-0.25, -0.2) is 4.98 Å². The number of aromatic amines is 1. The molecule has 1 aromatic heterocycles. The van der Waals surface area contributed by atoms with E-state index in [9.17, 15) is 4.79 Å². The molecule has 0 bridgehead atoms. The van der Waals surface area contributed by atoms with Crippen LogP contribution in [0.25, 0.3) is 0 Å². The van der Waals surface area contributed by atoms with E-state index in [1.165, 1.54) is 6.33 Å². The quantitative estimate of drug-likeness (QED) is 0.738. The van der Waals surface area contributed by atoms with Crippen LogP contribution in [0.3, 0.4) is 0 Å². The van der Waals surface area contributed by atoms with Crippen molar-refractivity contribution in [2.75, 3.05) is 20.7 Å². The summed E-state index contributed by atoms with van der Waals surface area (Å²) in [4.78, 5) is 17.9. The first kappa shape index (κ1) is 11.6. The second-order valence-electron chi connectivity index (χ2n) is 5.08. The van der Waals surface area contributed by atoms with Gasteiger partial charge in [0.25, 0.3) is 5.91 Å². The summed E-state index contributed by atoms with van der Waals surface area (Å²) in [5, 5.41) is 9.29. The molecule has 0 spiro atoms. The molecule has 2 N–H and O–H groups in total. The lowest BCUT2D eigenvalue weighted by atomic mass is 9.71. The Hall–Kier alpha value is -1.47. The SMILES string of the molecule is CN(C)[C@H]1[C@H](NC(=O)c2ncn[nH]2)[C@@H]2CCO[C@@H]21. The fourth-order valence-corrected chi connectivity index (χ4v) is 3.02. The average molecular weight is 251 g/mol. The number of ether oxygens (including phenoxy) is 1. The lowest BCUT2D eigenvalue weighted by Gasteiger charge is -2.50. The summed E-state index contributed by atoms with van der Waals surface area (Å²) < 4.78 is 5.70. The fourth-order valence-electron chi connectivity index (χ4n) is 3.02. The van der Waals surface area contributed by atoms with Crippen LogP contribution >= 0.6 is 0 Å². The highest BCUT2D eigenvalue weighted by Gasteiger charge is 2.55. The van der Waals surface area contributed by atoms with Crippen molar-refractivity contribution in [1.82, 2.24) is 25.4 Å². The minimum Gasteiger partial charge on any atom is -0.376 e. The van der Waals surface area contributed by atoms with Crippen molar-refractivity contribution in [3.05, 3.63) is 12.2 Å². The molecule has 1 saturated carbocycles. The summed E-state index contributed by atoms with van der Waals surface area (Å²) in [5.41, 5.74) is 0. The topological polar surface area (TPSA) is 83.1 Å². The molecule has 2 fully saturated rings. The molecule has 0 aromatic carbocycles. The Bertz CT molecular complexity index is 433. The smallest absolute Gasteiger partial charge is 0.288 e. The minimum absolute atomic E-state index is 0.130. The van der Waals surface area contributed by atoms with Gasteiger partial charge >= 0.3 is 0 Å². The Morgan fingerprint density at radius 2 is 2.44 bits per heavy atom. The molecule has 2 aliphatic rings. The molecule has 98 valence electrons. The van der Waals surface area contributed by atoms with Gasteiger partial charge < -0.3 is 15.0 Å². The van der Waals surface area contributed by atoms with Gasteiger partial charge in [-0.15, -0.1) is 0 Å². The molecule has 1 aromatic rings. The molecule has 1 aliphatic heterocycles. The van der Waals surface area contributed by atoms with E-state index in [-0.39, 0.29) is 29.9 Å². The highest BCUT2D eigenvalue weighted by atomic mass is 16.5. The van der Waals surface area contributed by atoms with Crippen LogP contribution in [0, 0.1) is 5.92 Å². The van der Waals surface area contributed by atoms with Crippen molar-refractivity contribution in [2.24, 2.45) is 5.92 Å². The number of H-pyrrole nitrogens is 1. The van der Waals surface area contributed by atoms with E-state index in [1.54, 1.807) is 0 Å². The summed E-state index contributed by atoms with van der Waals surface area (Å²) in [6, 6.07) is 0.370. The number of carbonyl (C=O) groups is 1. The zero-order valence-corrected chi connectivity index (χ0v) is 10.5. The summed E-state index contributed by atoms with van der Waals surface area (Å²) in [6.07, 6.45) is 2.59. The molecule has 4 atom stereocenters. The van der Waals surface area contributed by atoms with Crippen LogP contribution in [0.2, 0.25) is 0 Å². The molecule has 0 radical (unpaired) electrons. The van der Waals surface area contributed by atoms with Gasteiger partial charge in [0.15, 0.2) is 0 Å². The molecule has 1 aliphatic carbocycles. The third-order valence-electron chi connectivity index (χ3n) is 3.87. The number of rotatable bonds is 3. The standard InChI is InChI=1S/C11H17N5O2/c1-16(2)8-7(6-3-4-18-9(6)8)14-11(17)10-12-5-13-15-10/h5-9H,3-4H2,1-2H3,(H,14,17)(H,12,13,15)/t6-,7+,8-,9-/m0/s1. The number of likely N-dealkylation sites (N-methyl/N-ethyl adjacent to an activating group) is 1. The predicted molar refractivity (Wildman–Crippen MR) is 63.0 cm³/mol. The van der Waals surface area contributed by atoms with Gasteiger partial charge in [-0.2, -0.15) is 5.10 Å². The Kier molecular flexibility index (Phi) is 2.79. The maximum atomic E-state index is 12.0. The molecular formula is C11H17N5O2. The number of fused-ring (bicyclic) bond motifs is 1. The summed E-state index contributed by atoms with van der Waals surface area (Å²) in [7, 11) is 4.02. The van der Waals surface area contributed by atoms with Gasteiger partial charge in [-0.05, 0) is 20.5 Å². The van der Waals surface area contributed by atoms with Crippen molar-refractivity contribution in [1.29, 1.82) is 0 Å². The van der Waals surface area contributed by atoms with Gasteiger partial charge in [-0.1, -0.05) is 0 Å². The number of amides is 1. The molecule has 7 nitrogen and oxygen atoms in total. The Labute approximate surface area is 105 Å². The number of carbonyl (C=O) groups excluding carboxylic acids is 1. The van der Waals surface area contributed by atoms with Crippen LogP contribution in [0.15, 0.2) is 6.33 Å². The average Bonchev–Trinajstić information content (AvgIpc) is 2.93. The number of hydrogen-bond donors (Lipinski definition) is 2. The number of aromatic nitrogens is 3. The van der Waals surface area contributed by atoms with Crippen LogP contribution in [-0.4, -0.2) is 64.9 Å². The molecule has 0 unspecified atom stereocenters. The lowest BCUT2D eigenvalue weighted by molar-refractivity contribution is -0.0664. The van der Waals surface area contributed by atoms with Gasteiger partial charge in [0, 0.05) is 12.5 Å². The van der Waals surface area contributed by atoms with Crippen LogP contribution in [0.5, 0.6) is 0 Å². The van der Waals surface area contributed by atoms with Crippen molar-refractivity contribution in [2.45, 2.75) is 24.6 Å². The molecule has 18 heavy (non-hydrogen) atoms. The van der Waals surface area contributed by atoms with Crippen molar-refractivity contribution >= 4 is 5.91 Å². The van der Waals surface area contributed by atoms with E-state index >= 15 is 0 Å². The summed E-state index contributed by atoms with van der Waals surface area (Å²) in [5.74, 6) is 0.480. The van der Waals surface area contributed by atoms with Gasteiger partial charge in [0.2, 0.25) is 5.82 Å².